The van der Waals surface area contributed by atoms with Crippen LogP contribution in [0.15, 0.2) is 24.3 Å². The Hall–Kier alpha value is -1.42. The summed E-state index contributed by atoms with van der Waals surface area (Å²) in [6.07, 6.45) is 13.8. The highest BCUT2D eigenvalue weighted by atomic mass is 16.4. The minimum absolute atomic E-state index is 0.00221. The Morgan fingerprint density at radius 3 is 2.63 bits per heavy atom. The first kappa shape index (κ1) is 23.6. The fourth-order valence-corrected chi connectivity index (χ4v) is 3.80. The summed E-state index contributed by atoms with van der Waals surface area (Å²) in [5.74, 6) is -0.0290. The molecule has 1 aliphatic rings. The molecule has 4 nitrogen and oxygen atoms in total. The molecule has 4 atom stereocenters. The van der Waals surface area contributed by atoms with E-state index in [4.69, 9.17) is 5.11 Å². The Labute approximate surface area is 164 Å². The van der Waals surface area contributed by atoms with Gasteiger partial charge in [0.25, 0.3) is 0 Å². The van der Waals surface area contributed by atoms with Gasteiger partial charge in [-0.1, -0.05) is 64.8 Å². The number of aliphatic carboxylic acids is 1. The second-order valence-electron chi connectivity index (χ2n) is 8.71. The number of rotatable bonds is 12. The van der Waals surface area contributed by atoms with Gasteiger partial charge in [0.1, 0.15) is 5.78 Å². The number of aliphatic hydroxyl groups excluding tert-OH is 1. The van der Waals surface area contributed by atoms with E-state index in [1.54, 1.807) is 0 Å². The van der Waals surface area contributed by atoms with Gasteiger partial charge in [0.05, 0.1) is 6.10 Å². The molecule has 0 spiro atoms. The van der Waals surface area contributed by atoms with Gasteiger partial charge in [0, 0.05) is 18.8 Å². The molecule has 0 bridgehead atoms. The molecule has 0 radical (unpaired) electrons. The molecule has 0 aliphatic heterocycles. The average molecular weight is 379 g/mol. The van der Waals surface area contributed by atoms with Crippen LogP contribution in [0.3, 0.4) is 0 Å². The van der Waals surface area contributed by atoms with E-state index in [0.717, 1.165) is 32.1 Å². The lowest BCUT2D eigenvalue weighted by Gasteiger charge is -2.29. The van der Waals surface area contributed by atoms with Crippen molar-refractivity contribution >= 4 is 11.8 Å². The van der Waals surface area contributed by atoms with Crippen molar-refractivity contribution in [3.63, 3.8) is 0 Å². The van der Waals surface area contributed by atoms with Gasteiger partial charge in [-0.15, -0.1) is 0 Å². The van der Waals surface area contributed by atoms with Crippen LogP contribution in [0.5, 0.6) is 0 Å². The maximum Gasteiger partial charge on any atom is 0.303 e. The molecule has 0 aromatic carbocycles. The van der Waals surface area contributed by atoms with Crippen molar-refractivity contribution in [2.75, 3.05) is 0 Å². The van der Waals surface area contributed by atoms with Gasteiger partial charge in [-0.3, -0.25) is 9.59 Å². The molecule has 1 rings (SSSR count). The number of Topliss-reactive ketones (excluding diaryl/α,β-unsaturated/α-hetero) is 1. The van der Waals surface area contributed by atoms with Crippen molar-refractivity contribution in [1.82, 2.24) is 0 Å². The van der Waals surface area contributed by atoms with E-state index in [2.05, 4.69) is 32.9 Å². The number of carboxylic acid groups (broad SMARTS) is 1. The third-order valence-electron chi connectivity index (χ3n) is 5.95. The minimum Gasteiger partial charge on any atom is -0.481 e. The molecular weight excluding hydrogens is 340 g/mol. The Morgan fingerprint density at radius 1 is 1.30 bits per heavy atom. The van der Waals surface area contributed by atoms with E-state index in [9.17, 15) is 14.7 Å². The van der Waals surface area contributed by atoms with E-state index in [-0.39, 0.29) is 29.6 Å². The molecule has 0 saturated heterocycles. The Balaban J connectivity index is 2.62. The number of allylic oxidation sites excluding steroid dienone is 3. The predicted molar refractivity (Wildman–Crippen MR) is 109 cm³/mol. The van der Waals surface area contributed by atoms with Gasteiger partial charge >= 0.3 is 5.97 Å². The molecule has 4 heteroatoms. The number of carboxylic acids is 1. The minimum atomic E-state index is -0.760. The average Bonchev–Trinajstić information content (AvgIpc) is 2.87. The van der Waals surface area contributed by atoms with E-state index in [0.29, 0.717) is 18.6 Å². The molecule has 0 aromatic heterocycles. The summed E-state index contributed by atoms with van der Waals surface area (Å²) in [5.41, 5.74) is -0.155. The van der Waals surface area contributed by atoms with Crippen molar-refractivity contribution in [3.05, 3.63) is 24.3 Å². The topological polar surface area (TPSA) is 74.6 Å². The van der Waals surface area contributed by atoms with Crippen LogP contribution in [0.4, 0.5) is 0 Å². The van der Waals surface area contributed by atoms with Crippen molar-refractivity contribution in [3.8, 4) is 0 Å². The summed E-state index contributed by atoms with van der Waals surface area (Å²) < 4.78 is 0. The van der Waals surface area contributed by atoms with Crippen molar-refractivity contribution in [2.24, 2.45) is 23.2 Å². The predicted octanol–water partition coefficient (Wildman–Crippen LogP) is 5.16. The summed E-state index contributed by atoms with van der Waals surface area (Å²) in [5, 5.41) is 19.2. The van der Waals surface area contributed by atoms with Crippen LogP contribution in [-0.2, 0) is 9.59 Å². The summed E-state index contributed by atoms with van der Waals surface area (Å²) >= 11 is 0. The normalized spacial score (nSPS) is 24.9. The SMILES string of the molecule is CCCCC(C)(C)[C@H](O)C=C[C@H]1[C@H](CC=CCCCC(=O)O)CC(=O)[C@@H]1C. The maximum atomic E-state index is 12.2. The van der Waals surface area contributed by atoms with E-state index in [1.807, 2.05) is 19.1 Å². The largest absolute Gasteiger partial charge is 0.481 e. The second-order valence-corrected chi connectivity index (χ2v) is 8.71. The molecule has 27 heavy (non-hydrogen) atoms. The van der Waals surface area contributed by atoms with Crippen molar-refractivity contribution < 1.29 is 19.8 Å². The van der Waals surface area contributed by atoms with Gasteiger partial charge in [-0.25, -0.2) is 0 Å². The number of carbonyl (C=O) groups excluding carboxylic acids is 1. The number of unbranched alkanes of at least 4 members (excludes halogenated alkanes) is 2. The Bertz CT molecular complexity index is 532. The fraction of sp³-hybridized carbons (Fsp3) is 0.739. The van der Waals surface area contributed by atoms with Crippen LogP contribution >= 0.6 is 0 Å². The third-order valence-corrected chi connectivity index (χ3v) is 5.95. The number of ketones is 1. The number of hydrogen-bond acceptors (Lipinski definition) is 3. The zero-order valence-corrected chi connectivity index (χ0v) is 17.5. The van der Waals surface area contributed by atoms with Crippen LogP contribution in [-0.4, -0.2) is 28.1 Å². The lowest BCUT2D eigenvalue weighted by atomic mass is 9.80. The first-order valence-electron chi connectivity index (χ1n) is 10.4. The van der Waals surface area contributed by atoms with Crippen LogP contribution in [0.25, 0.3) is 0 Å². The lowest BCUT2D eigenvalue weighted by Crippen LogP contribution is -2.28. The molecule has 154 valence electrons. The molecule has 0 aromatic rings. The highest BCUT2D eigenvalue weighted by Gasteiger charge is 2.37. The Morgan fingerprint density at radius 2 is 2.00 bits per heavy atom. The summed E-state index contributed by atoms with van der Waals surface area (Å²) in [6, 6.07) is 0. The molecule has 1 aliphatic carbocycles. The fourth-order valence-electron chi connectivity index (χ4n) is 3.80. The zero-order valence-electron chi connectivity index (χ0n) is 17.5. The van der Waals surface area contributed by atoms with Crippen LogP contribution in [0.1, 0.15) is 79.1 Å². The van der Waals surface area contributed by atoms with Gasteiger partial charge in [0.15, 0.2) is 0 Å². The maximum absolute atomic E-state index is 12.2. The molecule has 0 heterocycles. The highest BCUT2D eigenvalue weighted by Crippen LogP contribution is 2.38. The van der Waals surface area contributed by atoms with E-state index >= 15 is 0 Å². The van der Waals surface area contributed by atoms with Crippen LogP contribution in [0, 0.1) is 23.2 Å². The van der Waals surface area contributed by atoms with Crippen molar-refractivity contribution in [1.29, 1.82) is 0 Å². The monoisotopic (exact) mass is 378 g/mol. The number of aliphatic hydroxyl groups is 1. The first-order valence-corrected chi connectivity index (χ1v) is 10.4. The van der Waals surface area contributed by atoms with Gasteiger partial charge < -0.3 is 10.2 Å². The van der Waals surface area contributed by atoms with Gasteiger partial charge in [0.2, 0.25) is 0 Å². The summed E-state index contributed by atoms with van der Waals surface area (Å²) in [4.78, 5) is 22.7. The molecule has 0 amide bonds. The van der Waals surface area contributed by atoms with E-state index in [1.165, 1.54) is 0 Å². The van der Waals surface area contributed by atoms with Gasteiger partial charge in [-0.2, -0.15) is 0 Å². The number of carbonyl (C=O) groups is 2. The van der Waals surface area contributed by atoms with Gasteiger partial charge in [-0.05, 0) is 42.9 Å². The van der Waals surface area contributed by atoms with E-state index < -0.39 is 12.1 Å². The molecular formula is C23H38O4. The zero-order chi connectivity index (χ0) is 20.4. The quantitative estimate of drug-likeness (QED) is 0.363. The smallest absolute Gasteiger partial charge is 0.303 e. The first-order chi connectivity index (χ1) is 12.7. The highest BCUT2D eigenvalue weighted by molar-refractivity contribution is 5.83. The third kappa shape index (κ3) is 8.00. The Kier molecular flexibility index (Phi) is 10.00. The summed E-state index contributed by atoms with van der Waals surface area (Å²) in [6.45, 7) is 8.34. The molecule has 1 saturated carbocycles. The molecule has 0 unspecified atom stereocenters. The second kappa shape index (κ2) is 11.4. The standard InChI is InChI=1S/C23H38O4/c1-5-6-15-23(3,4)21(25)14-13-19-17(2)20(24)16-18(19)11-9-7-8-10-12-22(26)27/h7,9,13-14,17-19,21,25H,5-6,8,10-12,15-16H2,1-4H3,(H,26,27)/t17-,18-,19-,21-/m1/s1. The summed E-state index contributed by atoms with van der Waals surface area (Å²) in [7, 11) is 0. The molecule has 1 fully saturated rings. The van der Waals surface area contributed by atoms with Crippen LogP contribution in [0.2, 0.25) is 0 Å². The number of hydrogen-bond donors (Lipinski definition) is 2. The van der Waals surface area contributed by atoms with Crippen LogP contribution < -0.4 is 0 Å². The van der Waals surface area contributed by atoms with Crippen molar-refractivity contribution in [2.45, 2.75) is 85.2 Å². The molecule has 2 N–H and O–H groups in total. The lowest BCUT2D eigenvalue weighted by molar-refractivity contribution is -0.137.